The second-order valence-electron chi connectivity index (χ2n) is 4.47. The van der Waals surface area contributed by atoms with Gasteiger partial charge in [0.15, 0.2) is 5.13 Å². The zero-order valence-electron chi connectivity index (χ0n) is 11.8. The fourth-order valence-electron chi connectivity index (χ4n) is 2.12. The highest BCUT2D eigenvalue weighted by atomic mass is 32.1. The van der Waals surface area contributed by atoms with Gasteiger partial charge in [0.25, 0.3) is 0 Å². The molecule has 0 fully saturated rings. The van der Waals surface area contributed by atoms with Crippen molar-refractivity contribution in [3.8, 4) is 0 Å². The molecule has 0 aliphatic heterocycles. The number of benzene rings is 1. The van der Waals surface area contributed by atoms with Crippen molar-refractivity contribution < 1.29 is 9.50 Å². The van der Waals surface area contributed by atoms with Crippen LogP contribution < -0.4 is 4.90 Å². The van der Waals surface area contributed by atoms with E-state index in [4.69, 9.17) is 0 Å². The van der Waals surface area contributed by atoms with Crippen LogP contribution in [-0.2, 0) is 13.0 Å². The number of aliphatic hydroxyl groups is 1. The molecule has 20 heavy (non-hydrogen) atoms. The van der Waals surface area contributed by atoms with E-state index < -0.39 is 0 Å². The molecule has 0 aliphatic rings. The quantitative estimate of drug-likeness (QED) is 0.878. The standard InChI is InChI=1S/C15H19FN2OS/c1-3-7-12-14(10-19)20-15(17-12)18(4-2)13-9-6-5-8-11(13)16/h5-6,8-9,19H,3-4,7,10H2,1-2H3. The minimum absolute atomic E-state index is 0.0121. The lowest BCUT2D eigenvalue weighted by atomic mass is 10.2. The summed E-state index contributed by atoms with van der Waals surface area (Å²) in [5.74, 6) is -0.257. The van der Waals surface area contributed by atoms with Gasteiger partial charge in [-0.3, -0.25) is 0 Å². The van der Waals surface area contributed by atoms with Crippen molar-refractivity contribution in [1.29, 1.82) is 0 Å². The van der Waals surface area contributed by atoms with E-state index in [0.29, 0.717) is 12.2 Å². The second kappa shape index (κ2) is 6.81. The van der Waals surface area contributed by atoms with Crippen molar-refractivity contribution in [2.75, 3.05) is 11.4 Å². The van der Waals surface area contributed by atoms with E-state index >= 15 is 0 Å². The molecule has 1 N–H and O–H groups in total. The fraction of sp³-hybridized carbons (Fsp3) is 0.400. The molecule has 1 heterocycles. The molecule has 0 spiro atoms. The van der Waals surface area contributed by atoms with Gasteiger partial charge in [0, 0.05) is 6.54 Å². The lowest BCUT2D eigenvalue weighted by Crippen LogP contribution is -2.17. The second-order valence-corrected chi connectivity index (χ2v) is 5.53. The van der Waals surface area contributed by atoms with Crippen LogP contribution in [0.15, 0.2) is 24.3 Å². The number of aromatic nitrogens is 1. The Morgan fingerprint density at radius 1 is 1.30 bits per heavy atom. The Labute approximate surface area is 122 Å². The number of halogens is 1. The van der Waals surface area contributed by atoms with Crippen molar-refractivity contribution in [2.24, 2.45) is 0 Å². The van der Waals surface area contributed by atoms with Crippen molar-refractivity contribution in [1.82, 2.24) is 4.98 Å². The smallest absolute Gasteiger partial charge is 0.190 e. The highest BCUT2D eigenvalue weighted by molar-refractivity contribution is 7.15. The first-order valence-corrected chi connectivity index (χ1v) is 7.64. The van der Waals surface area contributed by atoms with Gasteiger partial charge in [0.05, 0.1) is 22.9 Å². The predicted octanol–water partition coefficient (Wildman–Crippen LogP) is 3.89. The molecule has 0 atom stereocenters. The summed E-state index contributed by atoms with van der Waals surface area (Å²) < 4.78 is 13.9. The van der Waals surface area contributed by atoms with Gasteiger partial charge < -0.3 is 10.0 Å². The molecule has 0 aliphatic carbocycles. The normalized spacial score (nSPS) is 10.8. The van der Waals surface area contributed by atoms with Gasteiger partial charge in [0.1, 0.15) is 5.82 Å². The lowest BCUT2D eigenvalue weighted by Gasteiger charge is -2.20. The number of thiazole rings is 1. The van der Waals surface area contributed by atoms with Crippen LogP contribution in [0.5, 0.6) is 0 Å². The third-order valence-corrected chi connectivity index (χ3v) is 4.19. The number of nitrogens with zero attached hydrogens (tertiary/aromatic N) is 2. The molecule has 0 saturated carbocycles. The number of para-hydroxylation sites is 1. The molecule has 0 amide bonds. The molecule has 3 nitrogen and oxygen atoms in total. The molecule has 108 valence electrons. The monoisotopic (exact) mass is 294 g/mol. The van der Waals surface area contributed by atoms with Crippen LogP contribution in [0.4, 0.5) is 15.2 Å². The Bertz CT molecular complexity index is 571. The Morgan fingerprint density at radius 3 is 2.65 bits per heavy atom. The van der Waals surface area contributed by atoms with Gasteiger partial charge in [-0.05, 0) is 25.5 Å². The van der Waals surface area contributed by atoms with Crippen molar-refractivity contribution >= 4 is 22.2 Å². The molecule has 5 heteroatoms. The van der Waals surface area contributed by atoms with E-state index in [0.717, 1.165) is 28.5 Å². The zero-order chi connectivity index (χ0) is 14.5. The van der Waals surface area contributed by atoms with Crippen LogP contribution in [0.1, 0.15) is 30.8 Å². The summed E-state index contributed by atoms with van der Waals surface area (Å²) in [5.41, 5.74) is 1.45. The van der Waals surface area contributed by atoms with E-state index in [9.17, 15) is 9.50 Å². The van der Waals surface area contributed by atoms with E-state index in [1.165, 1.54) is 17.4 Å². The van der Waals surface area contributed by atoms with Crippen molar-refractivity contribution in [3.63, 3.8) is 0 Å². The first-order chi connectivity index (χ1) is 9.71. The summed E-state index contributed by atoms with van der Waals surface area (Å²) in [6.07, 6.45) is 1.81. The van der Waals surface area contributed by atoms with Crippen LogP contribution in [0, 0.1) is 5.82 Å². The molecule has 0 bridgehead atoms. The fourth-order valence-corrected chi connectivity index (χ4v) is 3.16. The van der Waals surface area contributed by atoms with E-state index in [-0.39, 0.29) is 12.4 Å². The van der Waals surface area contributed by atoms with Gasteiger partial charge in [-0.15, -0.1) is 0 Å². The molecule has 0 radical (unpaired) electrons. The van der Waals surface area contributed by atoms with Gasteiger partial charge in [-0.2, -0.15) is 0 Å². The topological polar surface area (TPSA) is 36.4 Å². The van der Waals surface area contributed by atoms with Gasteiger partial charge >= 0.3 is 0 Å². The maximum Gasteiger partial charge on any atom is 0.190 e. The number of aliphatic hydroxyl groups excluding tert-OH is 1. The molecular formula is C15H19FN2OS. The molecule has 0 unspecified atom stereocenters. The molecule has 2 aromatic rings. The van der Waals surface area contributed by atoms with E-state index in [1.54, 1.807) is 12.1 Å². The van der Waals surface area contributed by atoms with E-state index in [1.807, 2.05) is 17.9 Å². The Morgan fingerprint density at radius 2 is 2.05 bits per heavy atom. The van der Waals surface area contributed by atoms with Gasteiger partial charge in [-0.25, -0.2) is 9.37 Å². The van der Waals surface area contributed by atoms with Gasteiger partial charge in [-0.1, -0.05) is 36.8 Å². The Hall–Kier alpha value is -1.46. The summed E-state index contributed by atoms with van der Waals surface area (Å²) >= 11 is 1.43. The maximum absolute atomic E-state index is 13.9. The highest BCUT2D eigenvalue weighted by Gasteiger charge is 2.18. The minimum Gasteiger partial charge on any atom is -0.391 e. The van der Waals surface area contributed by atoms with Crippen molar-refractivity contribution in [2.45, 2.75) is 33.3 Å². The largest absolute Gasteiger partial charge is 0.391 e. The Kier molecular flexibility index (Phi) is 5.09. The number of anilines is 2. The third kappa shape index (κ3) is 2.99. The highest BCUT2D eigenvalue weighted by Crippen LogP contribution is 2.33. The van der Waals surface area contributed by atoms with Crippen LogP contribution in [0.3, 0.4) is 0 Å². The summed E-state index contributed by atoms with van der Waals surface area (Å²) in [6, 6.07) is 6.69. The molecule has 1 aromatic carbocycles. The minimum atomic E-state index is -0.257. The van der Waals surface area contributed by atoms with Crippen LogP contribution >= 0.6 is 11.3 Å². The number of hydrogen-bond donors (Lipinski definition) is 1. The number of rotatable bonds is 6. The molecule has 0 saturated heterocycles. The number of aryl methyl sites for hydroxylation is 1. The summed E-state index contributed by atoms with van der Waals surface area (Å²) in [7, 11) is 0. The molecule has 2 rings (SSSR count). The zero-order valence-corrected chi connectivity index (χ0v) is 12.6. The average Bonchev–Trinajstić information content (AvgIpc) is 2.85. The van der Waals surface area contributed by atoms with Crippen molar-refractivity contribution in [3.05, 3.63) is 40.7 Å². The lowest BCUT2D eigenvalue weighted by molar-refractivity contribution is 0.284. The average molecular weight is 294 g/mol. The SMILES string of the molecule is CCCc1nc(N(CC)c2ccccc2F)sc1CO. The first kappa shape index (κ1) is 14.9. The number of hydrogen-bond acceptors (Lipinski definition) is 4. The van der Waals surface area contributed by atoms with Crippen LogP contribution in [0.25, 0.3) is 0 Å². The summed E-state index contributed by atoms with van der Waals surface area (Å²) in [6.45, 7) is 4.66. The maximum atomic E-state index is 13.9. The third-order valence-electron chi connectivity index (χ3n) is 3.09. The summed E-state index contributed by atoms with van der Waals surface area (Å²) in [4.78, 5) is 7.29. The van der Waals surface area contributed by atoms with Crippen LogP contribution in [-0.4, -0.2) is 16.6 Å². The van der Waals surface area contributed by atoms with Gasteiger partial charge in [0.2, 0.25) is 0 Å². The predicted molar refractivity (Wildman–Crippen MR) is 81.1 cm³/mol. The summed E-state index contributed by atoms with van der Waals surface area (Å²) in [5, 5.41) is 10.2. The molecule has 1 aromatic heterocycles. The molecular weight excluding hydrogens is 275 g/mol. The Balaban J connectivity index is 2.39. The first-order valence-electron chi connectivity index (χ1n) is 6.82. The van der Waals surface area contributed by atoms with Crippen LogP contribution in [0.2, 0.25) is 0 Å². The van der Waals surface area contributed by atoms with E-state index in [2.05, 4.69) is 11.9 Å².